The topological polar surface area (TPSA) is 67.4 Å². The smallest absolute Gasteiger partial charge is 0.341 e. The standard InChI is InChI=1S/C21H25BrN2O3S/c1-6-27-19(26)15-13-11-20(2,3)24-21(4,5)16(13)28-18(15)23-17(25)12-9-7-8-10-14(12)22/h7-10,24H,6,11H2,1-5H3,(H,23,25). The summed E-state index contributed by atoms with van der Waals surface area (Å²) in [5.74, 6) is -0.655. The van der Waals surface area contributed by atoms with Crippen LogP contribution in [0.1, 0.15) is 65.8 Å². The normalized spacial score (nSPS) is 16.9. The lowest BCUT2D eigenvalue weighted by Gasteiger charge is -2.42. The molecule has 0 saturated carbocycles. The molecule has 2 heterocycles. The maximum absolute atomic E-state index is 12.9. The number of anilines is 1. The van der Waals surface area contributed by atoms with E-state index in [1.54, 1.807) is 19.1 Å². The van der Waals surface area contributed by atoms with E-state index in [0.717, 1.165) is 10.4 Å². The Balaban J connectivity index is 2.09. The van der Waals surface area contributed by atoms with Gasteiger partial charge >= 0.3 is 5.97 Å². The van der Waals surface area contributed by atoms with Gasteiger partial charge in [-0.3, -0.25) is 4.79 Å². The third-order valence-corrected chi connectivity index (χ3v) is 6.83. The molecule has 7 heteroatoms. The molecule has 0 spiro atoms. The fraction of sp³-hybridized carbons (Fsp3) is 0.429. The van der Waals surface area contributed by atoms with Crippen molar-refractivity contribution in [3.05, 3.63) is 50.3 Å². The fourth-order valence-electron chi connectivity index (χ4n) is 3.85. The third kappa shape index (κ3) is 4.02. The number of hydrogen-bond donors (Lipinski definition) is 2. The van der Waals surface area contributed by atoms with Crippen LogP contribution in [0, 0.1) is 0 Å². The van der Waals surface area contributed by atoms with Gasteiger partial charge in [-0.15, -0.1) is 11.3 Å². The number of ether oxygens (including phenoxy) is 1. The van der Waals surface area contributed by atoms with Gasteiger partial charge in [0.1, 0.15) is 5.00 Å². The molecule has 0 fully saturated rings. The van der Waals surface area contributed by atoms with E-state index in [-0.39, 0.29) is 23.6 Å². The number of esters is 1. The molecule has 28 heavy (non-hydrogen) atoms. The average Bonchev–Trinajstić information content (AvgIpc) is 2.92. The number of thiophene rings is 1. The van der Waals surface area contributed by atoms with E-state index in [1.807, 2.05) is 12.1 Å². The summed E-state index contributed by atoms with van der Waals surface area (Å²) in [7, 11) is 0. The van der Waals surface area contributed by atoms with Gasteiger partial charge in [0.2, 0.25) is 0 Å². The maximum Gasteiger partial charge on any atom is 0.341 e. The highest BCUT2D eigenvalue weighted by atomic mass is 79.9. The molecule has 1 aromatic carbocycles. The molecular formula is C21H25BrN2O3S. The van der Waals surface area contributed by atoms with Crippen LogP contribution in [0.15, 0.2) is 28.7 Å². The molecule has 1 amide bonds. The van der Waals surface area contributed by atoms with Crippen LogP contribution in [0.2, 0.25) is 0 Å². The van der Waals surface area contributed by atoms with Crippen LogP contribution in [0.3, 0.4) is 0 Å². The van der Waals surface area contributed by atoms with E-state index >= 15 is 0 Å². The molecule has 150 valence electrons. The van der Waals surface area contributed by atoms with E-state index < -0.39 is 5.97 Å². The molecule has 0 unspecified atom stereocenters. The third-order valence-electron chi connectivity index (χ3n) is 4.67. The maximum atomic E-state index is 12.9. The number of fused-ring (bicyclic) bond motifs is 1. The number of rotatable bonds is 4. The zero-order valence-electron chi connectivity index (χ0n) is 16.7. The van der Waals surface area contributed by atoms with Gasteiger partial charge in [0, 0.05) is 20.4 Å². The van der Waals surface area contributed by atoms with Crippen molar-refractivity contribution in [1.29, 1.82) is 0 Å². The Morgan fingerprint density at radius 1 is 1.25 bits per heavy atom. The van der Waals surface area contributed by atoms with Crippen LogP contribution in [0.25, 0.3) is 0 Å². The molecule has 5 nitrogen and oxygen atoms in total. The minimum Gasteiger partial charge on any atom is -0.462 e. The van der Waals surface area contributed by atoms with Crippen molar-refractivity contribution in [2.75, 3.05) is 11.9 Å². The van der Waals surface area contributed by atoms with Crippen molar-refractivity contribution in [2.45, 2.75) is 52.1 Å². The van der Waals surface area contributed by atoms with Crippen LogP contribution >= 0.6 is 27.3 Å². The lowest BCUT2D eigenvalue weighted by Crippen LogP contribution is -2.55. The molecule has 0 atom stereocenters. The molecule has 3 rings (SSSR count). The number of carbonyl (C=O) groups is 2. The summed E-state index contributed by atoms with van der Waals surface area (Å²) in [5.41, 5.74) is 1.45. The van der Waals surface area contributed by atoms with Crippen LogP contribution in [0.5, 0.6) is 0 Å². The van der Waals surface area contributed by atoms with E-state index in [2.05, 4.69) is 54.3 Å². The lowest BCUT2D eigenvalue weighted by molar-refractivity contribution is 0.0526. The minimum absolute atomic E-state index is 0.178. The molecule has 1 aromatic heterocycles. The zero-order chi connectivity index (χ0) is 20.7. The molecule has 0 radical (unpaired) electrons. The summed E-state index contributed by atoms with van der Waals surface area (Å²) in [6, 6.07) is 7.22. The summed E-state index contributed by atoms with van der Waals surface area (Å²) in [4.78, 5) is 26.7. The predicted octanol–water partition coefficient (Wildman–Crippen LogP) is 5.10. The van der Waals surface area contributed by atoms with Gasteiger partial charge in [0.15, 0.2) is 0 Å². The minimum atomic E-state index is -0.393. The van der Waals surface area contributed by atoms with Crippen molar-refractivity contribution < 1.29 is 14.3 Å². The van der Waals surface area contributed by atoms with Crippen LogP contribution in [-0.4, -0.2) is 24.0 Å². The van der Waals surface area contributed by atoms with Crippen molar-refractivity contribution in [3.8, 4) is 0 Å². The van der Waals surface area contributed by atoms with Gasteiger partial charge in [0.05, 0.1) is 17.7 Å². The summed E-state index contributed by atoms with van der Waals surface area (Å²) < 4.78 is 6.03. The summed E-state index contributed by atoms with van der Waals surface area (Å²) in [6.07, 6.45) is 0.682. The molecule has 2 N–H and O–H groups in total. The van der Waals surface area contributed by atoms with Crippen LogP contribution in [0.4, 0.5) is 5.00 Å². The molecule has 1 aliphatic rings. The molecule has 0 bridgehead atoms. The van der Waals surface area contributed by atoms with Gasteiger partial charge in [-0.05, 0) is 74.7 Å². The van der Waals surface area contributed by atoms with Gasteiger partial charge in [-0.25, -0.2) is 4.79 Å². The summed E-state index contributed by atoms with van der Waals surface area (Å²) in [5, 5.41) is 7.12. The van der Waals surface area contributed by atoms with E-state index in [1.165, 1.54) is 11.3 Å². The predicted molar refractivity (Wildman–Crippen MR) is 116 cm³/mol. The molecule has 0 aliphatic carbocycles. The second-order valence-electron chi connectivity index (χ2n) is 8.08. The second-order valence-corrected chi connectivity index (χ2v) is 9.95. The number of nitrogens with one attached hydrogen (secondary N) is 2. The highest BCUT2D eigenvalue weighted by Gasteiger charge is 2.42. The molecule has 2 aromatic rings. The Bertz CT molecular complexity index is 934. The van der Waals surface area contributed by atoms with Crippen molar-refractivity contribution in [2.24, 2.45) is 0 Å². The quantitative estimate of drug-likeness (QED) is 0.617. The van der Waals surface area contributed by atoms with E-state index in [0.29, 0.717) is 27.0 Å². The number of benzene rings is 1. The van der Waals surface area contributed by atoms with Gasteiger partial charge in [-0.2, -0.15) is 0 Å². The Morgan fingerprint density at radius 2 is 1.93 bits per heavy atom. The first-order valence-electron chi connectivity index (χ1n) is 9.24. The average molecular weight is 465 g/mol. The lowest BCUT2D eigenvalue weighted by atomic mass is 9.81. The molecular weight excluding hydrogens is 440 g/mol. The van der Waals surface area contributed by atoms with Gasteiger partial charge in [-0.1, -0.05) is 12.1 Å². The van der Waals surface area contributed by atoms with E-state index in [4.69, 9.17) is 4.74 Å². The van der Waals surface area contributed by atoms with Gasteiger partial charge < -0.3 is 15.4 Å². The first-order chi connectivity index (χ1) is 13.1. The Morgan fingerprint density at radius 3 is 2.57 bits per heavy atom. The number of hydrogen-bond acceptors (Lipinski definition) is 5. The van der Waals surface area contributed by atoms with E-state index in [9.17, 15) is 9.59 Å². The summed E-state index contributed by atoms with van der Waals surface area (Å²) >= 11 is 4.86. The zero-order valence-corrected chi connectivity index (χ0v) is 19.1. The fourth-order valence-corrected chi connectivity index (χ4v) is 5.58. The monoisotopic (exact) mass is 464 g/mol. The number of halogens is 1. The Hall–Kier alpha value is -1.70. The Kier molecular flexibility index (Phi) is 5.71. The second kappa shape index (κ2) is 7.61. The first kappa shape index (κ1) is 21.0. The van der Waals surface area contributed by atoms with Crippen LogP contribution in [-0.2, 0) is 16.7 Å². The SMILES string of the molecule is CCOC(=O)c1c(NC(=O)c2ccccc2Br)sc2c1CC(C)(C)NC2(C)C. The van der Waals surface area contributed by atoms with Crippen molar-refractivity contribution in [3.63, 3.8) is 0 Å². The number of amides is 1. The van der Waals surface area contributed by atoms with Gasteiger partial charge in [0.25, 0.3) is 5.91 Å². The van der Waals surface area contributed by atoms with Crippen molar-refractivity contribution in [1.82, 2.24) is 5.32 Å². The highest BCUT2D eigenvalue weighted by Crippen LogP contribution is 2.45. The highest BCUT2D eigenvalue weighted by molar-refractivity contribution is 9.10. The number of carbonyl (C=O) groups excluding carboxylic acids is 2. The van der Waals surface area contributed by atoms with Crippen LogP contribution < -0.4 is 10.6 Å². The molecule has 1 aliphatic heterocycles. The molecule has 0 saturated heterocycles. The largest absolute Gasteiger partial charge is 0.462 e. The Labute approximate surface area is 178 Å². The summed E-state index contributed by atoms with van der Waals surface area (Å²) in [6.45, 7) is 10.5. The first-order valence-corrected chi connectivity index (χ1v) is 10.8. The van der Waals surface area contributed by atoms with Crippen molar-refractivity contribution >= 4 is 44.1 Å².